The number of anilines is 2. The van der Waals surface area contributed by atoms with Gasteiger partial charge in [-0.1, -0.05) is 22.0 Å². The number of hydrogen-bond donors (Lipinski definition) is 2. The number of nitrogen functional groups attached to an aromatic ring is 1. The van der Waals surface area contributed by atoms with Gasteiger partial charge < -0.3 is 20.5 Å². The summed E-state index contributed by atoms with van der Waals surface area (Å²) in [5, 5.41) is 2.76. The fourth-order valence-corrected chi connectivity index (χ4v) is 2.29. The molecule has 0 heterocycles. The fourth-order valence-electron chi connectivity index (χ4n) is 1.91. The molecule has 0 aliphatic rings. The predicted octanol–water partition coefficient (Wildman–Crippen LogP) is 3.30. The average Bonchev–Trinajstić information content (AvgIpc) is 2.49. The largest absolute Gasteiger partial charge is 0.496 e. The first-order valence-corrected chi connectivity index (χ1v) is 6.93. The lowest BCUT2D eigenvalue weighted by Gasteiger charge is -2.14. The van der Waals surface area contributed by atoms with Gasteiger partial charge >= 0.3 is 0 Å². The Morgan fingerprint density at radius 1 is 1.14 bits per heavy atom. The maximum absolute atomic E-state index is 12.5. The van der Waals surface area contributed by atoms with E-state index in [1.807, 2.05) is 0 Å². The smallest absolute Gasteiger partial charge is 0.263 e. The van der Waals surface area contributed by atoms with Crippen LogP contribution in [0.2, 0.25) is 0 Å². The molecule has 2 rings (SSSR count). The highest BCUT2D eigenvalue weighted by Gasteiger charge is 2.18. The van der Waals surface area contributed by atoms with E-state index in [2.05, 4.69) is 21.2 Å². The SMILES string of the molecule is COc1cccc(OC)c1C(=O)Nc1ccc(Br)cc1N. The maximum Gasteiger partial charge on any atom is 0.263 e. The minimum Gasteiger partial charge on any atom is -0.496 e. The Balaban J connectivity index is 2.36. The number of ether oxygens (including phenoxy) is 2. The number of rotatable bonds is 4. The van der Waals surface area contributed by atoms with Gasteiger partial charge in [0.1, 0.15) is 17.1 Å². The molecule has 2 aromatic rings. The van der Waals surface area contributed by atoms with Crippen molar-refractivity contribution in [2.75, 3.05) is 25.3 Å². The van der Waals surface area contributed by atoms with Crippen LogP contribution in [0.4, 0.5) is 11.4 Å². The van der Waals surface area contributed by atoms with Gasteiger partial charge in [0.2, 0.25) is 0 Å². The van der Waals surface area contributed by atoms with Gasteiger partial charge in [-0.15, -0.1) is 0 Å². The number of amides is 1. The lowest BCUT2D eigenvalue weighted by Crippen LogP contribution is -2.15. The molecule has 0 spiro atoms. The first-order chi connectivity index (χ1) is 10.1. The van der Waals surface area contributed by atoms with Crippen LogP contribution < -0.4 is 20.5 Å². The molecule has 0 unspecified atom stereocenters. The Morgan fingerprint density at radius 2 is 1.76 bits per heavy atom. The summed E-state index contributed by atoms with van der Waals surface area (Å²) in [6.45, 7) is 0. The van der Waals surface area contributed by atoms with Gasteiger partial charge in [0.25, 0.3) is 5.91 Å². The van der Waals surface area contributed by atoms with Gasteiger partial charge in [0.15, 0.2) is 0 Å². The van der Waals surface area contributed by atoms with Crippen molar-refractivity contribution in [3.8, 4) is 11.5 Å². The number of methoxy groups -OCH3 is 2. The van der Waals surface area contributed by atoms with Crippen molar-refractivity contribution in [1.82, 2.24) is 0 Å². The van der Waals surface area contributed by atoms with Crippen LogP contribution in [0, 0.1) is 0 Å². The molecule has 21 heavy (non-hydrogen) atoms. The van der Waals surface area contributed by atoms with Crippen LogP contribution in [0.25, 0.3) is 0 Å². The number of carbonyl (C=O) groups is 1. The van der Waals surface area contributed by atoms with E-state index < -0.39 is 0 Å². The van der Waals surface area contributed by atoms with Crippen molar-refractivity contribution < 1.29 is 14.3 Å². The zero-order chi connectivity index (χ0) is 15.4. The number of nitrogens with two attached hydrogens (primary N) is 1. The van der Waals surface area contributed by atoms with Crippen molar-refractivity contribution in [1.29, 1.82) is 0 Å². The van der Waals surface area contributed by atoms with Crippen LogP contribution in [0.3, 0.4) is 0 Å². The summed E-state index contributed by atoms with van der Waals surface area (Å²) < 4.78 is 11.3. The van der Waals surface area contributed by atoms with Crippen LogP contribution in [-0.4, -0.2) is 20.1 Å². The summed E-state index contributed by atoms with van der Waals surface area (Å²) in [4.78, 5) is 12.5. The molecule has 0 saturated carbocycles. The van der Waals surface area contributed by atoms with Gasteiger partial charge in [0.05, 0.1) is 25.6 Å². The first-order valence-electron chi connectivity index (χ1n) is 6.14. The lowest BCUT2D eigenvalue weighted by atomic mass is 10.1. The van der Waals surface area contributed by atoms with E-state index >= 15 is 0 Å². The second-order valence-corrected chi connectivity index (χ2v) is 5.14. The van der Waals surface area contributed by atoms with E-state index in [-0.39, 0.29) is 5.91 Å². The van der Waals surface area contributed by atoms with Gasteiger partial charge in [-0.2, -0.15) is 0 Å². The molecule has 110 valence electrons. The van der Waals surface area contributed by atoms with Crippen molar-refractivity contribution in [3.05, 3.63) is 46.4 Å². The molecule has 2 aromatic carbocycles. The molecule has 0 aromatic heterocycles. The maximum atomic E-state index is 12.5. The molecule has 0 aliphatic heterocycles. The van der Waals surface area contributed by atoms with Crippen LogP contribution >= 0.6 is 15.9 Å². The molecule has 0 saturated heterocycles. The first kappa shape index (κ1) is 15.2. The highest BCUT2D eigenvalue weighted by atomic mass is 79.9. The quantitative estimate of drug-likeness (QED) is 0.829. The summed E-state index contributed by atoms with van der Waals surface area (Å²) in [6, 6.07) is 10.4. The fraction of sp³-hybridized carbons (Fsp3) is 0.133. The highest BCUT2D eigenvalue weighted by molar-refractivity contribution is 9.10. The monoisotopic (exact) mass is 350 g/mol. The van der Waals surface area contributed by atoms with Crippen LogP contribution in [0.5, 0.6) is 11.5 Å². The molecule has 5 nitrogen and oxygen atoms in total. The molecule has 0 atom stereocenters. The third-order valence-electron chi connectivity index (χ3n) is 2.92. The van der Waals surface area contributed by atoms with Crippen molar-refractivity contribution in [2.45, 2.75) is 0 Å². The Kier molecular flexibility index (Phi) is 4.70. The predicted molar refractivity (Wildman–Crippen MR) is 86.1 cm³/mol. The highest BCUT2D eigenvalue weighted by Crippen LogP contribution is 2.30. The third-order valence-corrected chi connectivity index (χ3v) is 3.41. The van der Waals surface area contributed by atoms with Crippen LogP contribution in [0.15, 0.2) is 40.9 Å². The molecule has 3 N–H and O–H groups in total. The standard InChI is InChI=1S/C15H15BrN2O3/c1-20-12-4-3-5-13(21-2)14(12)15(19)18-11-7-6-9(16)8-10(11)17/h3-8H,17H2,1-2H3,(H,18,19). The second-order valence-electron chi connectivity index (χ2n) is 4.22. The van der Waals surface area contributed by atoms with Crippen molar-refractivity contribution in [2.24, 2.45) is 0 Å². The summed E-state index contributed by atoms with van der Waals surface area (Å²) in [5.41, 5.74) is 7.19. The summed E-state index contributed by atoms with van der Waals surface area (Å²) in [6.07, 6.45) is 0. The Hall–Kier alpha value is -2.21. The van der Waals surface area contributed by atoms with Gasteiger partial charge in [-0.3, -0.25) is 4.79 Å². The third kappa shape index (κ3) is 3.28. The van der Waals surface area contributed by atoms with Crippen LogP contribution in [-0.2, 0) is 0 Å². The Morgan fingerprint density at radius 3 is 2.29 bits per heavy atom. The lowest BCUT2D eigenvalue weighted by molar-refractivity contribution is 0.102. The Bertz CT molecular complexity index is 652. The molecular formula is C15H15BrN2O3. The number of carbonyl (C=O) groups excluding carboxylic acids is 1. The van der Waals surface area contributed by atoms with E-state index in [9.17, 15) is 4.79 Å². The van der Waals surface area contributed by atoms with Gasteiger partial charge in [0, 0.05) is 4.47 Å². The zero-order valence-electron chi connectivity index (χ0n) is 11.6. The molecule has 0 fully saturated rings. The van der Waals surface area contributed by atoms with E-state index in [0.717, 1.165) is 4.47 Å². The normalized spacial score (nSPS) is 10.0. The average molecular weight is 351 g/mol. The summed E-state index contributed by atoms with van der Waals surface area (Å²) in [5.74, 6) is 0.517. The van der Waals surface area contributed by atoms with E-state index in [1.165, 1.54) is 14.2 Å². The number of nitrogens with one attached hydrogen (secondary N) is 1. The summed E-state index contributed by atoms with van der Waals surface area (Å²) >= 11 is 3.32. The second kappa shape index (κ2) is 6.49. The molecule has 6 heteroatoms. The molecule has 1 amide bonds. The van der Waals surface area contributed by atoms with Crippen molar-refractivity contribution >= 4 is 33.2 Å². The Labute approximate surface area is 131 Å². The minimum absolute atomic E-state index is 0.324. The summed E-state index contributed by atoms with van der Waals surface area (Å²) in [7, 11) is 3.00. The molecule has 0 radical (unpaired) electrons. The minimum atomic E-state index is -0.349. The molecule has 0 aliphatic carbocycles. The number of benzene rings is 2. The topological polar surface area (TPSA) is 73.6 Å². The van der Waals surface area contributed by atoms with Gasteiger partial charge in [-0.25, -0.2) is 0 Å². The van der Waals surface area contributed by atoms with Gasteiger partial charge in [-0.05, 0) is 30.3 Å². The molecule has 0 bridgehead atoms. The molecular weight excluding hydrogens is 336 g/mol. The van der Waals surface area contributed by atoms with Crippen molar-refractivity contribution in [3.63, 3.8) is 0 Å². The van der Waals surface area contributed by atoms with Crippen LogP contribution in [0.1, 0.15) is 10.4 Å². The zero-order valence-corrected chi connectivity index (χ0v) is 13.2. The number of hydrogen-bond acceptors (Lipinski definition) is 4. The van der Waals surface area contributed by atoms with E-state index in [0.29, 0.717) is 28.4 Å². The van der Waals surface area contributed by atoms with E-state index in [4.69, 9.17) is 15.2 Å². The van der Waals surface area contributed by atoms with E-state index in [1.54, 1.807) is 36.4 Å². The number of halogens is 1.